The first kappa shape index (κ1) is 21.2. The highest BCUT2D eigenvalue weighted by molar-refractivity contribution is 6.31. The molecule has 0 aromatic heterocycles. The van der Waals surface area contributed by atoms with Crippen molar-refractivity contribution in [3.63, 3.8) is 0 Å². The van der Waals surface area contributed by atoms with Gasteiger partial charge in [0.1, 0.15) is 11.2 Å². The first-order chi connectivity index (χ1) is 15.3. The van der Waals surface area contributed by atoms with Crippen LogP contribution in [0.15, 0.2) is 66.7 Å². The first-order valence-corrected chi connectivity index (χ1v) is 11.1. The van der Waals surface area contributed by atoms with Crippen molar-refractivity contribution in [3.05, 3.63) is 105 Å². The zero-order valence-corrected chi connectivity index (χ0v) is 18.7. The zero-order valence-electron chi connectivity index (χ0n) is 17.2. The Morgan fingerprint density at radius 3 is 2.62 bits per heavy atom. The van der Waals surface area contributed by atoms with Gasteiger partial charge in [-0.1, -0.05) is 53.5 Å². The van der Waals surface area contributed by atoms with Gasteiger partial charge in [0.2, 0.25) is 5.91 Å². The van der Waals surface area contributed by atoms with Gasteiger partial charge in [0.15, 0.2) is 0 Å². The molecule has 0 bridgehead atoms. The molecule has 0 saturated heterocycles. The van der Waals surface area contributed by atoms with Crippen LogP contribution in [0.1, 0.15) is 34.6 Å². The number of benzene rings is 3. The molecule has 0 saturated carbocycles. The normalized spacial score (nSPS) is 24.3. The number of rotatable bonds is 2. The molecule has 32 heavy (non-hydrogen) atoms. The summed E-state index contributed by atoms with van der Waals surface area (Å²) in [7, 11) is 0. The van der Waals surface area contributed by atoms with Gasteiger partial charge >= 0.3 is 0 Å². The topological polar surface area (TPSA) is 49.3 Å². The number of fused-ring (bicyclic) bond motifs is 2. The molecule has 1 aliphatic heterocycles. The van der Waals surface area contributed by atoms with Gasteiger partial charge in [0, 0.05) is 21.7 Å². The number of hydrogen-bond donors (Lipinski definition) is 2. The van der Waals surface area contributed by atoms with Crippen molar-refractivity contribution in [2.24, 2.45) is 0 Å². The second-order valence-electron chi connectivity index (χ2n) is 8.43. The predicted molar refractivity (Wildman–Crippen MR) is 126 cm³/mol. The molecule has 0 fully saturated rings. The van der Waals surface area contributed by atoms with Crippen LogP contribution in [0.25, 0.3) is 5.57 Å². The molecule has 0 unspecified atom stereocenters. The maximum absolute atomic E-state index is 14.1. The van der Waals surface area contributed by atoms with E-state index in [2.05, 4.69) is 5.32 Å². The van der Waals surface area contributed by atoms with E-state index in [9.17, 15) is 14.3 Å². The number of nitrogens with one attached hydrogen (secondary N) is 1. The van der Waals surface area contributed by atoms with Gasteiger partial charge in [-0.3, -0.25) is 4.79 Å². The number of anilines is 1. The molecule has 3 nitrogen and oxygen atoms in total. The van der Waals surface area contributed by atoms with Crippen LogP contribution >= 0.6 is 23.2 Å². The Kier molecular flexibility index (Phi) is 5.12. The van der Waals surface area contributed by atoms with E-state index in [1.54, 1.807) is 24.3 Å². The minimum Gasteiger partial charge on any atom is -0.388 e. The molecule has 1 heterocycles. The Hall–Kier alpha value is -2.66. The fourth-order valence-electron chi connectivity index (χ4n) is 5.08. The SMILES string of the molecule is Cc1ccc(F)cc1C1=C[C@@]2(C(=O)Nc3cc(Cl)ccc32)[C@H](c2cccc(Cl)c2)C[C@@H]1O. The second-order valence-corrected chi connectivity index (χ2v) is 9.30. The quantitative estimate of drug-likeness (QED) is 0.466. The maximum atomic E-state index is 14.1. The van der Waals surface area contributed by atoms with Crippen molar-refractivity contribution in [2.75, 3.05) is 5.32 Å². The van der Waals surface area contributed by atoms with Crippen molar-refractivity contribution >= 4 is 40.4 Å². The number of carbonyl (C=O) groups excluding carboxylic acids is 1. The van der Waals surface area contributed by atoms with Crippen molar-refractivity contribution in [2.45, 2.75) is 30.8 Å². The van der Waals surface area contributed by atoms with Gasteiger partial charge in [0.25, 0.3) is 0 Å². The minimum atomic E-state index is -1.10. The summed E-state index contributed by atoms with van der Waals surface area (Å²) >= 11 is 12.5. The number of halogens is 3. The van der Waals surface area contributed by atoms with E-state index >= 15 is 0 Å². The van der Waals surface area contributed by atoms with Crippen LogP contribution in [0.4, 0.5) is 10.1 Å². The van der Waals surface area contributed by atoms with E-state index in [-0.39, 0.29) is 18.2 Å². The van der Waals surface area contributed by atoms with E-state index in [0.29, 0.717) is 26.9 Å². The molecular weight excluding hydrogens is 448 g/mol. The molecule has 0 radical (unpaired) electrons. The smallest absolute Gasteiger partial charge is 0.239 e. The van der Waals surface area contributed by atoms with Crippen LogP contribution < -0.4 is 5.32 Å². The van der Waals surface area contributed by atoms with E-state index in [1.807, 2.05) is 37.3 Å². The molecule has 5 rings (SSSR count). The summed E-state index contributed by atoms with van der Waals surface area (Å²) in [6.45, 7) is 1.86. The summed E-state index contributed by atoms with van der Waals surface area (Å²) in [5, 5.41) is 15.2. The lowest BCUT2D eigenvalue weighted by Gasteiger charge is -2.41. The van der Waals surface area contributed by atoms with Crippen LogP contribution in [0.5, 0.6) is 0 Å². The molecule has 3 aromatic carbocycles. The van der Waals surface area contributed by atoms with Crippen molar-refractivity contribution < 1.29 is 14.3 Å². The highest BCUT2D eigenvalue weighted by Crippen LogP contribution is 2.55. The third-order valence-corrected chi connectivity index (χ3v) is 7.03. The second kappa shape index (κ2) is 7.73. The molecule has 3 atom stereocenters. The van der Waals surface area contributed by atoms with E-state index in [1.165, 1.54) is 12.1 Å². The van der Waals surface area contributed by atoms with Crippen molar-refractivity contribution in [3.8, 4) is 0 Å². The van der Waals surface area contributed by atoms with E-state index < -0.39 is 17.3 Å². The lowest BCUT2D eigenvalue weighted by Crippen LogP contribution is -2.44. The standard InChI is InChI=1S/C26H20Cl2FNO2/c1-14-5-7-18(29)11-19(14)20-13-26(21-8-6-17(28)10-23(21)30-25(26)32)22(12-24(20)31)15-3-2-4-16(27)9-15/h2-11,13,22,24,31H,12H2,1H3,(H,30,32)/t22-,24-,26-/m0/s1. The van der Waals surface area contributed by atoms with Crippen molar-refractivity contribution in [1.82, 2.24) is 0 Å². The van der Waals surface area contributed by atoms with E-state index in [4.69, 9.17) is 23.2 Å². The number of aliphatic hydroxyl groups is 1. The number of hydrogen-bond acceptors (Lipinski definition) is 2. The Labute approximate surface area is 195 Å². The molecule has 1 aliphatic carbocycles. The third-order valence-electron chi connectivity index (χ3n) is 6.56. The molecule has 3 aromatic rings. The van der Waals surface area contributed by atoms with Gasteiger partial charge in [-0.25, -0.2) is 4.39 Å². The fourth-order valence-corrected chi connectivity index (χ4v) is 5.45. The molecule has 1 spiro atoms. The molecule has 162 valence electrons. The molecule has 1 amide bonds. The largest absolute Gasteiger partial charge is 0.388 e. The van der Waals surface area contributed by atoms with Crippen molar-refractivity contribution in [1.29, 1.82) is 0 Å². The van der Waals surface area contributed by atoms with Crippen LogP contribution in [0.3, 0.4) is 0 Å². The van der Waals surface area contributed by atoms with Gasteiger partial charge in [-0.2, -0.15) is 0 Å². The molecule has 2 N–H and O–H groups in total. The van der Waals surface area contributed by atoms with Gasteiger partial charge in [-0.05, 0) is 77.6 Å². The zero-order chi connectivity index (χ0) is 22.6. The van der Waals surface area contributed by atoms with Gasteiger partial charge < -0.3 is 10.4 Å². The number of amides is 1. The average Bonchev–Trinajstić information content (AvgIpc) is 3.02. The first-order valence-electron chi connectivity index (χ1n) is 10.3. The van der Waals surface area contributed by atoms with Crippen LogP contribution in [-0.2, 0) is 10.2 Å². The number of carbonyl (C=O) groups is 1. The lowest BCUT2D eigenvalue weighted by molar-refractivity contribution is -0.120. The molecule has 2 aliphatic rings. The van der Waals surface area contributed by atoms with Crippen LogP contribution in [0, 0.1) is 12.7 Å². The van der Waals surface area contributed by atoms with Gasteiger partial charge in [-0.15, -0.1) is 0 Å². The lowest BCUT2D eigenvalue weighted by atomic mass is 9.61. The monoisotopic (exact) mass is 467 g/mol. The minimum absolute atomic E-state index is 0.210. The van der Waals surface area contributed by atoms with Gasteiger partial charge in [0.05, 0.1) is 6.10 Å². The summed E-state index contributed by atoms with van der Waals surface area (Å²) in [6.07, 6.45) is 1.20. The fraction of sp³-hybridized carbons (Fsp3) is 0.192. The Bertz CT molecular complexity index is 1290. The van der Waals surface area contributed by atoms with Crippen LogP contribution in [0.2, 0.25) is 10.0 Å². The Morgan fingerprint density at radius 1 is 1.06 bits per heavy atom. The summed E-state index contributed by atoms with van der Waals surface area (Å²) in [5.74, 6) is -0.984. The highest BCUT2D eigenvalue weighted by atomic mass is 35.5. The summed E-state index contributed by atoms with van der Waals surface area (Å²) < 4.78 is 14.1. The third kappa shape index (κ3) is 3.25. The highest BCUT2D eigenvalue weighted by Gasteiger charge is 2.54. The summed E-state index contributed by atoms with van der Waals surface area (Å²) in [4.78, 5) is 13.6. The average molecular weight is 468 g/mol. The van der Waals surface area contributed by atoms with Crippen LogP contribution in [-0.4, -0.2) is 17.1 Å². The number of aryl methyl sites for hydroxylation is 1. The Balaban J connectivity index is 1.80. The maximum Gasteiger partial charge on any atom is 0.239 e. The molecule has 6 heteroatoms. The number of aliphatic hydroxyl groups excluding tert-OH is 1. The van der Waals surface area contributed by atoms with E-state index in [0.717, 1.165) is 16.7 Å². The summed E-state index contributed by atoms with van der Waals surface area (Å²) in [5.41, 5.74) is 3.11. The molecular formula is C26H20Cl2FNO2. The Morgan fingerprint density at radius 2 is 1.84 bits per heavy atom. The predicted octanol–water partition coefficient (Wildman–Crippen LogP) is 6.26. The summed E-state index contributed by atoms with van der Waals surface area (Å²) in [6, 6.07) is 17.2.